The van der Waals surface area contributed by atoms with Crippen molar-refractivity contribution < 1.29 is 4.79 Å². The van der Waals surface area contributed by atoms with Crippen molar-refractivity contribution in [1.29, 1.82) is 0 Å². The molecule has 4 aromatic carbocycles. The van der Waals surface area contributed by atoms with Gasteiger partial charge in [0.25, 0.3) is 0 Å². The van der Waals surface area contributed by atoms with Gasteiger partial charge in [-0.2, -0.15) is 0 Å². The average Bonchev–Trinajstić information content (AvgIpc) is 2.59. The number of carbonyl (C=O) groups is 1. The summed E-state index contributed by atoms with van der Waals surface area (Å²) in [4.78, 5) is 12.9. The molecule has 1 aliphatic carbocycles. The topological polar surface area (TPSA) is 17.1 Å². The largest absolute Gasteiger partial charge is 0.289 e. The van der Waals surface area contributed by atoms with E-state index in [9.17, 15) is 4.79 Å². The monoisotopic (exact) mass is 280 g/mol. The summed E-state index contributed by atoms with van der Waals surface area (Å²) in [7, 11) is 0. The zero-order chi connectivity index (χ0) is 14.7. The van der Waals surface area contributed by atoms with E-state index in [1.807, 2.05) is 36.4 Å². The van der Waals surface area contributed by atoms with E-state index >= 15 is 0 Å². The van der Waals surface area contributed by atoms with Crippen LogP contribution in [0.2, 0.25) is 0 Å². The van der Waals surface area contributed by atoms with Gasteiger partial charge in [0, 0.05) is 16.5 Å². The van der Waals surface area contributed by atoms with E-state index in [1.165, 1.54) is 5.39 Å². The Balaban J connectivity index is 2.09. The van der Waals surface area contributed by atoms with Crippen LogP contribution in [0, 0.1) is 0 Å². The highest BCUT2D eigenvalue weighted by Gasteiger charge is 2.25. The van der Waals surface area contributed by atoms with Gasteiger partial charge in [0.2, 0.25) is 0 Å². The highest BCUT2D eigenvalue weighted by Crippen LogP contribution is 2.41. The van der Waals surface area contributed by atoms with Crippen molar-refractivity contribution in [1.82, 2.24) is 0 Å². The van der Waals surface area contributed by atoms with Crippen molar-refractivity contribution >= 4 is 27.3 Å². The molecule has 0 fully saturated rings. The lowest BCUT2D eigenvalue weighted by atomic mass is 9.81. The van der Waals surface area contributed by atoms with Crippen LogP contribution in [0.1, 0.15) is 15.9 Å². The zero-order valence-corrected chi connectivity index (χ0v) is 11.8. The normalized spacial score (nSPS) is 12.6. The average molecular weight is 280 g/mol. The molecule has 4 aromatic rings. The van der Waals surface area contributed by atoms with Gasteiger partial charge in [0.05, 0.1) is 0 Å². The van der Waals surface area contributed by atoms with Crippen molar-refractivity contribution in [3.8, 4) is 11.1 Å². The molecule has 0 unspecified atom stereocenters. The summed E-state index contributed by atoms with van der Waals surface area (Å²) < 4.78 is 0. The van der Waals surface area contributed by atoms with Crippen LogP contribution in [0.5, 0.6) is 0 Å². The third kappa shape index (κ3) is 1.35. The molecule has 0 atom stereocenters. The van der Waals surface area contributed by atoms with Crippen LogP contribution in [0.15, 0.2) is 72.8 Å². The number of ketones is 1. The van der Waals surface area contributed by atoms with Gasteiger partial charge in [0.15, 0.2) is 5.78 Å². The fraction of sp³-hybridized carbons (Fsp3) is 0. The molecule has 0 saturated carbocycles. The Hall–Kier alpha value is -2.93. The van der Waals surface area contributed by atoms with Gasteiger partial charge in [0.1, 0.15) is 0 Å². The molecule has 22 heavy (non-hydrogen) atoms. The maximum Gasteiger partial charge on any atom is 0.194 e. The minimum atomic E-state index is 0.130. The van der Waals surface area contributed by atoms with E-state index in [1.54, 1.807) is 0 Å². The lowest BCUT2D eigenvalue weighted by Gasteiger charge is -2.20. The molecule has 0 saturated heterocycles. The van der Waals surface area contributed by atoms with Crippen LogP contribution >= 0.6 is 0 Å². The predicted octanol–water partition coefficient (Wildman–Crippen LogP) is 5.20. The van der Waals surface area contributed by atoms with Crippen LogP contribution in [-0.2, 0) is 0 Å². The molecule has 0 bridgehead atoms. The van der Waals surface area contributed by atoms with E-state index < -0.39 is 0 Å². The van der Waals surface area contributed by atoms with Gasteiger partial charge in [-0.15, -0.1) is 0 Å². The van der Waals surface area contributed by atoms with Gasteiger partial charge in [-0.3, -0.25) is 4.79 Å². The molecule has 1 nitrogen and oxygen atoms in total. The predicted molar refractivity (Wildman–Crippen MR) is 90.3 cm³/mol. The summed E-state index contributed by atoms with van der Waals surface area (Å²) in [5, 5.41) is 4.57. The van der Waals surface area contributed by atoms with Gasteiger partial charge in [-0.1, -0.05) is 66.7 Å². The first-order valence-corrected chi connectivity index (χ1v) is 7.43. The highest BCUT2D eigenvalue weighted by atomic mass is 16.1. The molecule has 5 rings (SSSR count). The molecule has 0 N–H and O–H groups in total. The lowest BCUT2D eigenvalue weighted by molar-refractivity contribution is 0.104. The summed E-state index contributed by atoms with van der Waals surface area (Å²) in [5.74, 6) is 0.130. The maximum atomic E-state index is 12.9. The van der Waals surface area contributed by atoms with Gasteiger partial charge < -0.3 is 0 Å². The van der Waals surface area contributed by atoms with E-state index in [2.05, 4.69) is 36.4 Å². The Morgan fingerprint density at radius 2 is 1.23 bits per heavy atom. The van der Waals surface area contributed by atoms with Crippen molar-refractivity contribution in [2.45, 2.75) is 0 Å². The number of hydrogen-bond acceptors (Lipinski definition) is 1. The van der Waals surface area contributed by atoms with E-state index in [0.29, 0.717) is 0 Å². The molecule has 0 aliphatic heterocycles. The molecule has 0 amide bonds. The zero-order valence-electron chi connectivity index (χ0n) is 11.8. The summed E-state index contributed by atoms with van der Waals surface area (Å²) in [6, 6.07) is 24.5. The summed E-state index contributed by atoms with van der Waals surface area (Å²) in [6.45, 7) is 0. The molecule has 0 radical (unpaired) electrons. The fourth-order valence-corrected chi connectivity index (χ4v) is 3.63. The van der Waals surface area contributed by atoms with Crippen LogP contribution in [0.25, 0.3) is 32.7 Å². The minimum Gasteiger partial charge on any atom is -0.289 e. The first-order valence-electron chi connectivity index (χ1n) is 7.43. The molecule has 1 heteroatoms. The van der Waals surface area contributed by atoms with Crippen molar-refractivity contribution in [3.63, 3.8) is 0 Å². The number of hydrogen-bond donors (Lipinski definition) is 0. The Bertz CT molecular complexity index is 1090. The first-order chi connectivity index (χ1) is 10.8. The van der Waals surface area contributed by atoms with Crippen molar-refractivity contribution in [2.24, 2.45) is 0 Å². The number of fused-ring (bicyclic) bond motifs is 4. The van der Waals surface area contributed by atoms with E-state index in [4.69, 9.17) is 0 Å². The Morgan fingerprint density at radius 3 is 2.14 bits per heavy atom. The van der Waals surface area contributed by atoms with Crippen molar-refractivity contribution in [3.05, 3.63) is 83.9 Å². The second kappa shape index (κ2) is 4.05. The number of rotatable bonds is 0. The molecule has 0 spiro atoms. The second-order valence-corrected chi connectivity index (χ2v) is 5.75. The minimum absolute atomic E-state index is 0.130. The van der Waals surface area contributed by atoms with Crippen molar-refractivity contribution in [2.75, 3.05) is 0 Å². The molecular weight excluding hydrogens is 268 g/mol. The molecule has 0 aromatic heterocycles. The van der Waals surface area contributed by atoms with Gasteiger partial charge in [-0.05, 0) is 33.4 Å². The second-order valence-electron chi connectivity index (χ2n) is 5.75. The van der Waals surface area contributed by atoms with E-state index in [0.717, 1.165) is 38.4 Å². The number of carbonyl (C=O) groups excluding carboxylic acids is 1. The molecular formula is C21H12O. The third-order valence-electron chi connectivity index (χ3n) is 4.59. The van der Waals surface area contributed by atoms with Crippen LogP contribution in [0.4, 0.5) is 0 Å². The van der Waals surface area contributed by atoms with Crippen LogP contribution < -0.4 is 0 Å². The van der Waals surface area contributed by atoms with Crippen LogP contribution in [0.3, 0.4) is 0 Å². The SMILES string of the molecule is O=C1c2ccccc2-c2cccc3c2c1cc1ccccc13. The molecule has 102 valence electrons. The lowest BCUT2D eigenvalue weighted by Crippen LogP contribution is -2.09. The highest BCUT2D eigenvalue weighted by molar-refractivity contribution is 6.29. The Kier molecular flexibility index (Phi) is 2.15. The first kappa shape index (κ1) is 11.7. The smallest absolute Gasteiger partial charge is 0.194 e. The molecule has 1 aliphatic rings. The maximum absolute atomic E-state index is 12.9. The summed E-state index contributed by atoms with van der Waals surface area (Å²) in [6.07, 6.45) is 0. The third-order valence-corrected chi connectivity index (χ3v) is 4.59. The standard InChI is InChI=1S/C21H12O/c22-21-18-9-4-3-8-15(18)17-11-5-10-16-14-7-2-1-6-13(14)12-19(21)20(16)17/h1-12H. The Labute approximate surface area is 127 Å². The quantitative estimate of drug-likeness (QED) is 0.356. The van der Waals surface area contributed by atoms with E-state index in [-0.39, 0.29) is 5.78 Å². The van der Waals surface area contributed by atoms with Gasteiger partial charge >= 0.3 is 0 Å². The molecule has 0 heterocycles. The van der Waals surface area contributed by atoms with Crippen LogP contribution in [-0.4, -0.2) is 5.78 Å². The Morgan fingerprint density at radius 1 is 0.545 bits per heavy atom. The summed E-state index contributed by atoms with van der Waals surface area (Å²) >= 11 is 0. The fourth-order valence-electron chi connectivity index (χ4n) is 3.63. The summed E-state index contributed by atoms with van der Waals surface area (Å²) in [5.41, 5.74) is 3.83. The number of benzene rings is 4. The van der Waals surface area contributed by atoms with Gasteiger partial charge in [-0.25, -0.2) is 0 Å².